The first-order valence-electron chi connectivity index (χ1n) is 26.8. The Kier molecular flexibility index (Phi) is 8.91. The van der Waals surface area contributed by atoms with E-state index in [1.54, 1.807) is 11.3 Å². The van der Waals surface area contributed by atoms with E-state index in [0.29, 0.717) is 10.8 Å². The van der Waals surface area contributed by atoms with E-state index in [4.69, 9.17) is 4.98 Å². The molecule has 0 saturated heterocycles. The van der Waals surface area contributed by atoms with Crippen LogP contribution in [0.4, 0.5) is 0 Å². The summed E-state index contributed by atoms with van der Waals surface area (Å²) in [5, 5.41) is 14.4. The van der Waals surface area contributed by atoms with Crippen LogP contribution >= 0.6 is 22.7 Å². The second-order valence-corrected chi connectivity index (χ2v) is 23.3. The SMILES string of the molecule is O=c1c2ccccc2c2cc(-c3cccc(-c4ccc5c(c4)sc4ccc(-c6ccc7c8ccc(-c9ccc%10sc%11ccccc%11c%10c9)c9c%10ccccc%10c(=O)n(c7c6)c89)cc45)n3)cc3c4cc(-c5ccccn5)ccc4n1c23. The van der Waals surface area contributed by atoms with Crippen molar-refractivity contribution in [1.82, 2.24) is 18.8 Å². The van der Waals surface area contributed by atoms with Gasteiger partial charge in [0.25, 0.3) is 11.1 Å². The summed E-state index contributed by atoms with van der Waals surface area (Å²) in [6.45, 7) is 0. The molecule has 0 fully saturated rings. The molecule has 0 aliphatic rings. The second kappa shape index (κ2) is 16.2. The molecule has 6 nitrogen and oxygen atoms in total. The summed E-state index contributed by atoms with van der Waals surface area (Å²) in [6.07, 6.45) is 1.81. The molecule has 0 saturated carbocycles. The number of aromatic nitrogens is 4. The van der Waals surface area contributed by atoms with Crippen LogP contribution in [0, 0.1) is 0 Å². The number of pyridine rings is 4. The minimum atomic E-state index is -0.0222. The van der Waals surface area contributed by atoms with Gasteiger partial charge in [-0.2, -0.15) is 0 Å². The number of nitrogens with zero attached hydrogens (tertiary/aromatic N) is 4. The molecule has 0 aliphatic carbocycles. The lowest BCUT2D eigenvalue weighted by Gasteiger charge is -2.12. The monoisotopic (exact) mass is 1050 g/mol. The number of benzene rings is 10. The van der Waals surface area contributed by atoms with Gasteiger partial charge in [0.2, 0.25) is 0 Å². The lowest BCUT2D eigenvalue weighted by atomic mass is 9.94. The van der Waals surface area contributed by atoms with Crippen molar-refractivity contribution in [3.63, 3.8) is 0 Å². The summed E-state index contributed by atoms with van der Waals surface area (Å²) in [7, 11) is 0. The van der Waals surface area contributed by atoms with Crippen LogP contribution in [0.2, 0.25) is 0 Å². The third-order valence-electron chi connectivity index (χ3n) is 16.9. The first kappa shape index (κ1) is 43.9. The Morgan fingerprint density at radius 3 is 1.65 bits per heavy atom. The molecule has 0 unspecified atom stereocenters. The molecule has 80 heavy (non-hydrogen) atoms. The van der Waals surface area contributed by atoms with Gasteiger partial charge in [-0.25, -0.2) is 4.98 Å². The van der Waals surface area contributed by atoms with Crippen LogP contribution in [0.25, 0.3) is 172 Å². The molecule has 0 bridgehead atoms. The molecule has 0 aliphatic heterocycles. The third-order valence-corrected chi connectivity index (χ3v) is 19.2. The summed E-state index contributed by atoms with van der Waals surface area (Å²) in [4.78, 5) is 39.1. The fourth-order valence-corrected chi connectivity index (χ4v) is 15.4. The Morgan fingerprint density at radius 2 is 0.838 bits per heavy atom. The molecule has 370 valence electrons. The molecule has 8 heterocycles. The topological polar surface area (TPSA) is 68.7 Å². The fraction of sp³-hybridized carbons (Fsp3) is 0. The van der Waals surface area contributed by atoms with Crippen LogP contribution in [0.15, 0.2) is 240 Å². The Balaban J connectivity index is 0.743. The summed E-state index contributed by atoms with van der Waals surface area (Å²) >= 11 is 3.62. The van der Waals surface area contributed by atoms with Gasteiger partial charge in [0.15, 0.2) is 0 Å². The molecule has 0 spiro atoms. The van der Waals surface area contributed by atoms with Crippen molar-refractivity contribution in [3.8, 4) is 56.0 Å². The van der Waals surface area contributed by atoms with Crippen molar-refractivity contribution in [2.45, 2.75) is 0 Å². The highest BCUT2D eigenvalue weighted by Gasteiger charge is 2.23. The molecular formula is C72H38N4O2S2. The first-order valence-corrected chi connectivity index (χ1v) is 28.4. The molecule has 18 rings (SSSR count). The quantitative estimate of drug-likeness (QED) is 0.161. The van der Waals surface area contributed by atoms with Crippen LogP contribution in [0.5, 0.6) is 0 Å². The second-order valence-electron chi connectivity index (χ2n) is 21.1. The molecule has 8 aromatic heterocycles. The van der Waals surface area contributed by atoms with Crippen LogP contribution in [-0.4, -0.2) is 18.8 Å². The van der Waals surface area contributed by atoms with Crippen molar-refractivity contribution in [3.05, 3.63) is 251 Å². The molecule has 18 aromatic rings. The molecule has 10 aromatic carbocycles. The minimum Gasteiger partial charge on any atom is -0.275 e. The van der Waals surface area contributed by atoms with Gasteiger partial charge in [-0.15, -0.1) is 22.7 Å². The van der Waals surface area contributed by atoms with Crippen molar-refractivity contribution >= 4 is 139 Å². The lowest BCUT2D eigenvalue weighted by Crippen LogP contribution is -2.13. The molecule has 0 atom stereocenters. The molecule has 0 amide bonds. The maximum absolute atomic E-state index is 14.8. The number of thiophene rings is 2. The zero-order valence-electron chi connectivity index (χ0n) is 42.4. The molecule has 8 heteroatoms. The Labute approximate surface area is 462 Å². The van der Waals surface area contributed by atoms with E-state index >= 15 is 0 Å². The summed E-state index contributed by atoms with van der Waals surface area (Å²) < 4.78 is 8.80. The maximum atomic E-state index is 14.8. The average molecular weight is 1060 g/mol. The Morgan fingerprint density at radius 1 is 0.300 bits per heavy atom. The number of hydrogen-bond acceptors (Lipinski definition) is 6. The van der Waals surface area contributed by atoms with Crippen LogP contribution in [-0.2, 0) is 0 Å². The Hall–Kier alpha value is -10.1. The van der Waals surface area contributed by atoms with Crippen molar-refractivity contribution in [1.29, 1.82) is 0 Å². The van der Waals surface area contributed by atoms with Crippen molar-refractivity contribution < 1.29 is 0 Å². The van der Waals surface area contributed by atoms with Gasteiger partial charge in [-0.05, 0) is 136 Å². The van der Waals surface area contributed by atoms with Gasteiger partial charge < -0.3 is 0 Å². The van der Waals surface area contributed by atoms with Gasteiger partial charge in [-0.1, -0.05) is 121 Å². The maximum Gasteiger partial charge on any atom is 0.263 e. The van der Waals surface area contributed by atoms with Crippen molar-refractivity contribution in [2.75, 3.05) is 0 Å². The summed E-state index contributed by atoms with van der Waals surface area (Å²) in [5.41, 5.74) is 13.7. The molecule has 0 radical (unpaired) electrons. The van der Waals surface area contributed by atoms with E-state index in [0.717, 1.165) is 121 Å². The number of hydrogen-bond donors (Lipinski definition) is 0. The minimum absolute atomic E-state index is 0.00462. The van der Waals surface area contributed by atoms with Gasteiger partial charge >= 0.3 is 0 Å². The van der Waals surface area contributed by atoms with E-state index in [9.17, 15) is 9.59 Å². The molecule has 0 N–H and O–H groups in total. The Bertz CT molecular complexity index is 5850. The van der Waals surface area contributed by atoms with E-state index in [1.807, 2.05) is 80.9 Å². The van der Waals surface area contributed by atoms with Gasteiger partial charge in [0, 0.05) is 106 Å². The van der Waals surface area contributed by atoms with Gasteiger partial charge in [0.1, 0.15) is 0 Å². The normalized spacial score (nSPS) is 12.3. The number of fused-ring (bicyclic) bond motifs is 16. The van der Waals surface area contributed by atoms with Crippen LogP contribution in [0.1, 0.15) is 0 Å². The number of rotatable bonds is 5. The van der Waals surface area contributed by atoms with Gasteiger partial charge in [0.05, 0.1) is 39.1 Å². The summed E-state index contributed by atoms with van der Waals surface area (Å²) in [6, 6.07) is 78.9. The fourth-order valence-electron chi connectivity index (χ4n) is 13.2. The van der Waals surface area contributed by atoms with Crippen LogP contribution in [0.3, 0.4) is 0 Å². The highest BCUT2D eigenvalue weighted by molar-refractivity contribution is 7.26. The highest BCUT2D eigenvalue weighted by Crippen LogP contribution is 2.45. The average Bonchev–Trinajstić information content (AvgIpc) is 4.30. The van der Waals surface area contributed by atoms with Crippen LogP contribution < -0.4 is 11.1 Å². The standard InChI is InChI=1S/C72H38N4O2S2/c77-71-52-13-3-1-10-46(52)57-35-44(36-58-54-34-42(59-15-7-8-31-73-59)21-28-62(54)75(71)69(57)58)61-17-9-16-60(74-61)43-20-25-49-55-32-39(22-29-66(55)80-67(49)38-43)40-19-24-47-51-27-26-45(41-23-30-65-56(33-41)48-11-5-6-18-64(48)79-65)68-50-12-2-4-14-53(50)72(78)76(70(51)68)63(47)37-40/h1-38H. The predicted octanol–water partition coefficient (Wildman–Crippen LogP) is 18.6. The third kappa shape index (κ3) is 6.11. The zero-order chi connectivity index (χ0) is 52.5. The van der Waals surface area contributed by atoms with Gasteiger partial charge in [-0.3, -0.25) is 23.4 Å². The smallest absolute Gasteiger partial charge is 0.263 e. The lowest BCUT2D eigenvalue weighted by molar-refractivity contribution is 1.21. The zero-order valence-corrected chi connectivity index (χ0v) is 44.0. The van der Waals surface area contributed by atoms with E-state index < -0.39 is 0 Å². The molecular weight excluding hydrogens is 1020 g/mol. The van der Waals surface area contributed by atoms with E-state index in [1.165, 1.54) is 40.3 Å². The summed E-state index contributed by atoms with van der Waals surface area (Å²) in [5.74, 6) is 0. The largest absolute Gasteiger partial charge is 0.275 e. The van der Waals surface area contributed by atoms with E-state index in [2.05, 4.69) is 175 Å². The van der Waals surface area contributed by atoms with E-state index in [-0.39, 0.29) is 11.1 Å². The van der Waals surface area contributed by atoms with Crippen molar-refractivity contribution in [2.24, 2.45) is 0 Å². The highest BCUT2D eigenvalue weighted by atomic mass is 32.1. The first-order chi connectivity index (χ1) is 39.5. The predicted molar refractivity (Wildman–Crippen MR) is 337 cm³/mol.